The van der Waals surface area contributed by atoms with E-state index in [4.69, 9.17) is 5.11 Å². The zero-order valence-electron chi connectivity index (χ0n) is 14.2. The fourth-order valence-corrected chi connectivity index (χ4v) is 2.34. The predicted molar refractivity (Wildman–Crippen MR) is 95.5 cm³/mol. The summed E-state index contributed by atoms with van der Waals surface area (Å²) in [4.78, 5) is 23.0. The van der Waals surface area contributed by atoms with E-state index in [0.717, 1.165) is 5.56 Å². The Morgan fingerprint density at radius 1 is 1.08 bits per heavy atom. The van der Waals surface area contributed by atoms with Gasteiger partial charge in [-0.05, 0) is 56.2 Å². The number of hydrogen-bond donors (Lipinski definition) is 3. The van der Waals surface area contributed by atoms with Gasteiger partial charge in [-0.1, -0.05) is 12.1 Å². The Morgan fingerprint density at radius 2 is 1.76 bits per heavy atom. The number of nitrogens with one attached hydrogen (secondary N) is 2. The highest BCUT2D eigenvalue weighted by molar-refractivity contribution is 5.94. The van der Waals surface area contributed by atoms with E-state index in [1.54, 1.807) is 18.2 Å². The maximum atomic E-state index is 13.5. The molecular weight excluding hydrogens is 323 g/mol. The number of benzene rings is 2. The van der Waals surface area contributed by atoms with E-state index in [1.807, 2.05) is 13.8 Å². The normalized spacial score (nSPS) is 10.6. The summed E-state index contributed by atoms with van der Waals surface area (Å²) in [7, 11) is 0. The van der Waals surface area contributed by atoms with Crippen LogP contribution in [0.25, 0.3) is 0 Å². The van der Waals surface area contributed by atoms with Crippen molar-refractivity contribution in [2.45, 2.75) is 32.7 Å². The van der Waals surface area contributed by atoms with Crippen molar-refractivity contribution in [2.75, 3.05) is 10.6 Å². The zero-order valence-corrected chi connectivity index (χ0v) is 14.2. The molecule has 2 aromatic carbocycles. The van der Waals surface area contributed by atoms with Gasteiger partial charge in [0.25, 0.3) is 0 Å². The summed E-state index contributed by atoms with van der Waals surface area (Å²) >= 11 is 0. The third-order valence-electron chi connectivity index (χ3n) is 3.54. The van der Waals surface area contributed by atoms with Gasteiger partial charge in [-0.25, -0.2) is 9.18 Å². The Balaban J connectivity index is 1.98. The van der Waals surface area contributed by atoms with E-state index in [1.165, 1.54) is 24.3 Å². The van der Waals surface area contributed by atoms with Gasteiger partial charge in [0.05, 0.1) is 16.9 Å². The van der Waals surface area contributed by atoms with Crippen molar-refractivity contribution in [1.29, 1.82) is 0 Å². The van der Waals surface area contributed by atoms with Crippen LogP contribution < -0.4 is 10.6 Å². The molecule has 0 atom stereocenters. The first-order chi connectivity index (χ1) is 11.8. The summed E-state index contributed by atoms with van der Waals surface area (Å²) in [5.74, 6) is -1.64. The van der Waals surface area contributed by atoms with Gasteiger partial charge in [0.15, 0.2) is 0 Å². The number of anilines is 2. The molecule has 0 aromatic heterocycles. The Bertz CT molecular complexity index is 758. The molecule has 0 aliphatic carbocycles. The van der Waals surface area contributed by atoms with Crippen molar-refractivity contribution >= 4 is 23.3 Å². The lowest BCUT2D eigenvalue weighted by Gasteiger charge is -2.15. The van der Waals surface area contributed by atoms with E-state index >= 15 is 0 Å². The van der Waals surface area contributed by atoms with Crippen LogP contribution in [0.1, 0.15) is 36.2 Å². The van der Waals surface area contributed by atoms with Crippen molar-refractivity contribution in [1.82, 2.24) is 0 Å². The molecule has 0 aliphatic rings. The largest absolute Gasteiger partial charge is 0.478 e. The third-order valence-corrected chi connectivity index (χ3v) is 3.54. The molecule has 0 spiro atoms. The highest BCUT2D eigenvalue weighted by Crippen LogP contribution is 2.24. The van der Waals surface area contributed by atoms with Gasteiger partial charge in [0, 0.05) is 12.5 Å². The predicted octanol–water partition coefficient (Wildman–Crippen LogP) is 3.92. The SMILES string of the molecule is CC(C)Nc1ccc(F)cc1NC(=O)CCc1ccc(C(=O)O)cc1. The number of rotatable bonds is 7. The number of aromatic carboxylic acids is 1. The minimum atomic E-state index is -0.986. The first-order valence-corrected chi connectivity index (χ1v) is 8.03. The number of carboxylic acid groups (broad SMARTS) is 1. The molecule has 5 nitrogen and oxygen atoms in total. The molecule has 1 amide bonds. The van der Waals surface area contributed by atoms with Crippen LogP contribution in [-0.4, -0.2) is 23.0 Å². The molecule has 2 aromatic rings. The van der Waals surface area contributed by atoms with Crippen molar-refractivity contribution in [3.8, 4) is 0 Å². The molecule has 132 valence electrons. The average Bonchev–Trinajstić information content (AvgIpc) is 2.55. The molecule has 2 rings (SSSR count). The van der Waals surface area contributed by atoms with Crippen molar-refractivity contribution in [3.05, 3.63) is 59.4 Å². The van der Waals surface area contributed by atoms with Crippen LogP contribution in [0.3, 0.4) is 0 Å². The molecule has 3 N–H and O–H groups in total. The molecule has 0 fully saturated rings. The van der Waals surface area contributed by atoms with Crippen molar-refractivity contribution in [2.24, 2.45) is 0 Å². The van der Waals surface area contributed by atoms with Crippen molar-refractivity contribution < 1.29 is 19.1 Å². The Labute approximate surface area is 145 Å². The van der Waals surface area contributed by atoms with E-state index in [9.17, 15) is 14.0 Å². The molecule has 0 saturated carbocycles. The van der Waals surface area contributed by atoms with Gasteiger partial charge in [-0.15, -0.1) is 0 Å². The minimum Gasteiger partial charge on any atom is -0.478 e. The monoisotopic (exact) mass is 344 g/mol. The molecule has 0 saturated heterocycles. The van der Waals surface area contributed by atoms with Crippen LogP contribution >= 0.6 is 0 Å². The standard InChI is InChI=1S/C19H21FN2O3/c1-12(2)21-16-9-8-15(20)11-17(16)22-18(23)10-5-13-3-6-14(7-4-13)19(24)25/h3-4,6-9,11-12,21H,5,10H2,1-2H3,(H,22,23)(H,24,25). The van der Waals surface area contributed by atoms with Gasteiger partial charge < -0.3 is 15.7 Å². The van der Waals surface area contributed by atoms with Crippen LogP contribution in [0, 0.1) is 5.82 Å². The first-order valence-electron chi connectivity index (χ1n) is 8.03. The van der Waals surface area contributed by atoms with Gasteiger partial charge in [0.2, 0.25) is 5.91 Å². The number of amides is 1. The lowest BCUT2D eigenvalue weighted by Crippen LogP contribution is -2.16. The number of carboxylic acids is 1. The number of carbonyl (C=O) groups is 2. The second-order valence-electron chi connectivity index (χ2n) is 6.04. The van der Waals surface area contributed by atoms with Crippen LogP contribution in [0.5, 0.6) is 0 Å². The summed E-state index contributed by atoms with van der Waals surface area (Å²) in [6.45, 7) is 3.91. The lowest BCUT2D eigenvalue weighted by atomic mass is 10.1. The third kappa shape index (κ3) is 5.60. The maximum absolute atomic E-state index is 13.5. The van der Waals surface area contributed by atoms with Gasteiger partial charge in [0.1, 0.15) is 5.82 Å². The quantitative estimate of drug-likeness (QED) is 0.711. The maximum Gasteiger partial charge on any atom is 0.335 e. The van der Waals surface area contributed by atoms with Gasteiger partial charge in [-0.3, -0.25) is 4.79 Å². The second kappa shape index (κ2) is 8.28. The van der Waals surface area contributed by atoms with E-state index in [2.05, 4.69) is 10.6 Å². The molecule has 6 heteroatoms. The number of aryl methyl sites for hydroxylation is 1. The van der Waals surface area contributed by atoms with Crippen molar-refractivity contribution in [3.63, 3.8) is 0 Å². The second-order valence-corrected chi connectivity index (χ2v) is 6.04. The summed E-state index contributed by atoms with van der Waals surface area (Å²) in [6, 6.07) is 10.7. The fraction of sp³-hybridized carbons (Fsp3) is 0.263. The van der Waals surface area contributed by atoms with E-state index < -0.39 is 11.8 Å². The lowest BCUT2D eigenvalue weighted by molar-refractivity contribution is -0.116. The van der Waals surface area contributed by atoms with E-state index in [-0.39, 0.29) is 23.9 Å². The highest BCUT2D eigenvalue weighted by atomic mass is 19.1. The Morgan fingerprint density at radius 3 is 2.36 bits per heavy atom. The van der Waals surface area contributed by atoms with Gasteiger partial charge in [-0.2, -0.15) is 0 Å². The molecule has 0 unspecified atom stereocenters. The topological polar surface area (TPSA) is 78.4 Å². The molecule has 0 bridgehead atoms. The van der Waals surface area contributed by atoms with Crippen LogP contribution in [0.4, 0.5) is 15.8 Å². The smallest absolute Gasteiger partial charge is 0.335 e. The van der Waals surface area contributed by atoms with Crippen LogP contribution in [0.2, 0.25) is 0 Å². The summed E-state index contributed by atoms with van der Waals surface area (Å²) < 4.78 is 13.5. The van der Waals surface area contributed by atoms with Crippen LogP contribution in [0.15, 0.2) is 42.5 Å². The fourth-order valence-electron chi connectivity index (χ4n) is 2.34. The first kappa shape index (κ1) is 18.4. The number of carbonyl (C=O) groups excluding carboxylic acids is 1. The molecule has 0 heterocycles. The molecule has 25 heavy (non-hydrogen) atoms. The Hall–Kier alpha value is -2.89. The minimum absolute atomic E-state index is 0.147. The summed E-state index contributed by atoms with van der Waals surface area (Å²) in [6.07, 6.45) is 0.679. The Kier molecular flexibility index (Phi) is 6.11. The molecular formula is C19H21FN2O3. The number of halogens is 1. The summed E-state index contributed by atoms with van der Waals surface area (Å²) in [5.41, 5.74) is 2.13. The van der Waals surface area contributed by atoms with E-state index in [0.29, 0.717) is 17.8 Å². The molecule has 0 radical (unpaired) electrons. The number of hydrogen-bond acceptors (Lipinski definition) is 3. The molecule has 0 aliphatic heterocycles. The van der Waals surface area contributed by atoms with Crippen LogP contribution in [-0.2, 0) is 11.2 Å². The highest BCUT2D eigenvalue weighted by Gasteiger charge is 2.10. The summed E-state index contributed by atoms with van der Waals surface area (Å²) in [5, 5.41) is 14.7. The average molecular weight is 344 g/mol. The van der Waals surface area contributed by atoms with Gasteiger partial charge >= 0.3 is 5.97 Å². The zero-order chi connectivity index (χ0) is 18.4.